The van der Waals surface area contributed by atoms with E-state index in [4.69, 9.17) is 11.6 Å². The molecule has 0 saturated heterocycles. The third-order valence-electron chi connectivity index (χ3n) is 1.97. The largest absolute Gasteiger partial charge is 0.341 e. The van der Waals surface area contributed by atoms with Crippen LogP contribution in [0.15, 0.2) is 35.6 Å². The summed E-state index contributed by atoms with van der Waals surface area (Å²) >= 11 is 6.93. The van der Waals surface area contributed by atoms with E-state index in [2.05, 4.69) is 15.5 Å². The van der Waals surface area contributed by atoms with Crippen LogP contribution in [0.4, 0.5) is 10.1 Å². The second-order valence-electron chi connectivity index (χ2n) is 3.08. The lowest BCUT2D eigenvalue weighted by atomic mass is 10.2. The number of rotatable bonds is 3. The Morgan fingerprint density at radius 1 is 1.41 bits per heavy atom. The van der Waals surface area contributed by atoms with Crippen molar-refractivity contribution < 1.29 is 9.78 Å². The molecule has 2 aromatic rings. The van der Waals surface area contributed by atoms with E-state index in [1.54, 1.807) is 24.3 Å². The topological polar surface area (TPSA) is 72.7 Å². The molecule has 0 saturated carbocycles. The van der Waals surface area contributed by atoms with Crippen LogP contribution in [-0.2, 0) is 0 Å². The van der Waals surface area contributed by atoms with Crippen LogP contribution < -0.4 is 10.3 Å². The molecule has 0 unspecified atom stereocenters. The average molecular weight is 269 g/mol. The Morgan fingerprint density at radius 2 is 2.18 bits per heavy atom. The first-order valence-corrected chi connectivity index (χ1v) is 5.81. The van der Waals surface area contributed by atoms with E-state index in [0.29, 0.717) is 15.7 Å². The number of hydrogen-bond donors (Lipinski definition) is 1. The number of nitrogens with zero attached hydrogens (tertiary/aromatic N) is 1. The van der Waals surface area contributed by atoms with E-state index in [1.807, 2.05) is 0 Å². The number of halogens is 1. The van der Waals surface area contributed by atoms with Gasteiger partial charge in [-0.15, -0.1) is 4.91 Å². The summed E-state index contributed by atoms with van der Waals surface area (Å²) in [5, 5.41) is 6.41. The van der Waals surface area contributed by atoms with Crippen LogP contribution in [0.2, 0.25) is 5.02 Å². The van der Waals surface area contributed by atoms with E-state index in [-0.39, 0.29) is 10.9 Å². The molecule has 0 aliphatic carbocycles. The van der Waals surface area contributed by atoms with Crippen LogP contribution in [0.5, 0.6) is 0 Å². The molecule has 2 rings (SSSR count). The summed E-state index contributed by atoms with van der Waals surface area (Å²) in [6.45, 7) is 0. The Hall–Kier alpha value is -1.79. The van der Waals surface area contributed by atoms with Crippen molar-refractivity contribution in [2.24, 2.45) is 5.18 Å². The zero-order chi connectivity index (χ0) is 12.3. The summed E-state index contributed by atoms with van der Waals surface area (Å²) in [7, 11) is 0. The monoisotopic (exact) mass is 268 g/mol. The minimum Gasteiger partial charge on any atom is -0.241 e. The highest BCUT2D eigenvalue weighted by Gasteiger charge is 2.17. The number of amides is 1. The molecule has 7 heteroatoms. The SMILES string of the molecule is O=Nc1c[nH+]c(NC(=O)c2ccccc2Cl)s1. The van der Waals surface area contributed by atoms with Gasteiger partial charge in [-0.1, -0.05) is 23.7 Å². The molecule has 0 spiro atoms. The van der Waals surface area contributed by atoms with Gasteiger partial charge in [0.2, 0.25) is 5.00 Å². The molecular formula is C10H7ClN3O2S+. The van der Waals surface area contributed by atoms with Crippen molar-refractivity contribution in [3.05, 3.63) is 46.0 Å². The maximum absolute atomic E-state index is 11.8. The van der Waals surface area contributed by atoms with Crippen molar-refractivity contribution in [2.75, 3.05) is 5.32 Å². The van der Waals surface area contributed by atoms with E-state index in [1.165, 1.54) is 6.20 Å². The van der Waals surface area contributed by atoms with Crippen molar-refractivity contribution in [3.63, 3.8) is 0 Å². The minimum atomic E-state index is -0.342. The maximum Gasteiger partial charge on any atom is 0.341 e. The number of nitroso groups, excluding NO2 is 1. The first-order chi connectivity index (χ1) is 8.20. The number of aromatic nitrogens is 1. The minimum absolute atomic E-state index is 0.263. The molecule has 0 radical (unpaired) electrons. The van der Waals surface area contributed by atoms with Gasteiger partial charge in [0, 0.05) is 0 Å². The zero-order valence-electron chi connectivity index (χ0n) is 8.44. The summed E-state index contributed by atoms with van der Waals surface area (Å²) < 4.78 is 0. The fraction of sp³-hybridized carbons (Fsp3) is 0. The third-order valence-corrected chi connectivity index (χ3v) is 3.12. The smallest absolute Gasteiger partial charge is 0.241 e. The summed E-state index contributed by atoms with van der Waals surface area (Å²) in [6, 6.07) is 6.71. The van der Waals surface area contributed by atoms with Crippen LogP contribution in [0.1, 0.15) is 10.4 Å². The van der Waals surface area contributed by atoms with E-state index < -0.39 is 0 Å². The molecule has 0 aliphatic rings. The zero-order valence-corrected chi connectivity index (χ0v) is 10.0. The molecule has 1 aromatic heterocycles. The standard InChI is InChI=1S/C10H6ClN3O2S/c11-7-4-2-1-3-6(7)9(15)13-10-12-5-8(14-16)17-10/h1-5H,(H,12,13,15)/p+1. The third kappa shape index (κ3) is 2.66. The maximum atomic E-state index is 11.8. The van der Waals surface area contributed by atoms with Gasteiger partial charge >= 0.3 is 11.0 Å². The Balaban J connectivity index is 2.17. The number of benzene rings is 1. The van der Waals surface area contributed by atoms with Gasteiger partial charge < -0.3 is 0 Å². The van der Waals surface area contributed by atoms with Crippen LogP contribution >= 0.6 is 22.9 Å². The lowest BCUT2D eigenvalue weighted by Crippen LogP contribution is -2.16. The highest BCUT2D eigenvalue weighted by Crippen LogP contribution is 2.23. The Labute approximate surface area is 105 Å². The van der Waals surface area contributed by atoms with Crippen molar-refractivity contribution in [1.29, 1.82) is 0 Å². The fourth-order valence-electron chi connectivity index (χ4n) is 1.21. The summed E-state index contributed by atoms with van der Waals surface area (Å²) in [5.41, 5.74) is 0.372. The van der Waals surface area contributed by atoms with Crippen LogP contribution in [0, 0.1) is 4.91 Å². The van der Waals surface area contributed by atoms with E-state index in [0.717, 1.165) is 11.3 Å². The molecule has 0 bridgehead atoms. The summed E-state index contributed by atoms with van der Waals surface area (Å²) in [5.74, 6) is -0.342. The van der Waals surface area contributed by atoms with Crippen molar-refractivity contribution >= 4 is 39.0 Å². The summed E-state index contributed by atoms with van der Waals surface area (Å²) in [4.78, 5) is 24.8. The van der Waals surface area contributed by atoms with Crippen LogP contribution in [0.3, 0.4) is 0 Å². The number of H-pyrrole nitrogens is 1. The van der Waals surface area contributed by atoms with E-state index >= 15 is 0 Å². The molecule has 2 N–H and O–H groups in total. The average Bonchev–Trinajstić information content (AvgIpc) is 2.77. The molecule has 1 heterocycles. The van der Waals surface area contributed by atoms with Crippen molar-refractivity contribution in [3.8, 4) is 0 Å². The van der Waals surface area contributed by atoms with Crippen LogP contribution in [-0.4, -0.2) is 5.91 Å². The van der Waals surface area contributed by atoms with Gasteiger partial charge in [-0.3, -0.25) is 0 Å². The number of aromatic amines is 1. The molecule has 1 amide bonds. The first-order valence-electron chi connectivity index (χ1n) is 4.61. The van der Waals surface area contributed by atoms with Crippen LogP contribution in [0.25, 0.3) is 0 Å². The molecule has 0 fully saturated rings. The number of anilines is 1. The van der Waals surface area contributed by atoms with Gasteiger partial charge in [0.1, 0.15) is 6.20 Å². The molecule has 17 heavy (non-hydrogen) atoms. The predicted octanol–water partition coefficient (Wildman–Crippen LogP) is 2.87. The van der Waals surface area contributed by atoms with Gasteiger partial charge in [-0.25, -0.2) is 9.78 Å². The van der Waals surface area contributed by atoms with Crippen molar-refractivity contribution in [2.45, 2.75) is 0 Å². The lowest BCUT2D eigenvalue weighted by Gasteiger charge is -1.97. The Bertz CT molecular complexity index is 570. The highest BCUT2D eigenvalue weighted by atomic mass is 35.5. The molecule has 5 nitrogen and oxygen atoms in total. The molecule has 0 atom stereocenters. The van der Waals surface area contributed by atoms with Gasteiger partial charge in [0.25, 0.3) is 0 Å². The van der Waals surface area contributed by atoms with Crippen molar-refractivity contribution in [1.82, 2.24) is 0 Å². The number of nitrogens with one attached hydrogen (secondary N) is 2. The quantitative estimate of drug-likeness (QED) is 0.869. The van der Waals surface area contributed by atoms with Gasteiger partial charge in [-0.2, -0.15) is 5.32 Å². The molecule has 86 valence electrons. The second-order valence-corrected chi connectivity index (χ2v) is 4.52. The predicted molar refractivity (Wildman–Crippen MR) is 65.7 cm³/mol. The highest BCUT2D eigenvalue weighted by molar-refractivity contribution is 7.18. The van der Waals surface area contributed by atoms with Gasteiger partial charge in [0.05, 0.1) is 10.6 Å². The van der Waals surface area contributed by atoms with Gasteiger partial charge in [0.15, 0.2) is 0 Å². The fourth-order valence-corrected chi connectivity index (χ4v) is 2.06. The molecule has 0 aliphatic heterocycles. The number of hydrogen-bond acceptors (Lipinski definition) is 4. The Kier molecular flexibility index (Phi) is 3.46. The lowest BCUT2D eigenvalue weighted by molar-refractivity contribution is -0.353. The number of carbonyl (C=O) groups is 1. The first kappa shape index (κ1) is 11.7. The Morgan fingerprint density at radius 3 is 2.82 bits per heavy atom. The van der Waals surface area contributed by atoms with Gasteiger partial charge in [-0.05, 0) is 28.6 Å². The second kappa shape index (κ2) is 5.03. The molecule has 1 aromatic carbocycles. The normalized spacial score (nSPS) is 9.94. The van der Waals surface area contributed by atoms with E-state index in [9.17, 15) is 9.70 Å². The molecular weight excluding hydrogens is 262 g/mol. The number of carbonyl (C=O) groups excluding carboxylic acids is 1. The summed E-state index contributed by atoms with van der Waals surface area (Å²) in [6.07, 6.45) is 1.42. The number of thiazole rings is 1.